The number of benzene rings is 1. The van der Waals surface area contributed by atoms with Crippen molar-refractivity contribution in [2.45, 2.75) is 26.1 Å². The Morgan fingerprint density at radius 1 is 1.47 bits per heavy atom. The van der Waals surface area contributed by atoms with Crippen molar-refractivity contribution < 1.29 is 14.2 Å². The SMILES string of the molecule is C=CC(C)Oc1ccc([C@H](C)O)c(F)c1. The van der Waals surface area contributed by atoms with Gasteiger partial charge in [-0.1, -0.05) is 12.7 Å². The number of halogens is 1. The fourth-order valence-corrected chi connectivity index (χ4v) is 1.18. The van der Waals surface area contributed by atoms with Crippen molar-refractivity contribution in [3.63, 3.8) is 0 Å². The van der Waals surface area contributed by atoms with Gasteiger partial charge in [0.1, 0.15) is 17.7 Å². The number of rotatable bonds is 4. The third-order valence-corrected chi connectivity index (χ3v) is 2.08. The van der Waals surface area contributed by atoms with Crippen LogP contribution in [0.3, 0.4) is 0 Å². The van der Waals surface area contributed by atoms with E-state index in [4.69, 9.17) is 4.74 Å². The molecule has 1 aromatic rings. The van der Waals surface area contributed by atoms with E-state index in [0.29, 0.717) is 5.75 Å². The highest BCUT2D eigenvalue weighted by Gasteiger charge is 2.09. The van der Waals surface area contributed by atoms with Crippen LogP contribution in [0.2, 0.25) is 0 Å². The van der Waals surface area contributed by atoms with Gasteiger partial charge < -0.3 is 9.84 Å². The summed E-state index contributed by atoms with van der Waals surface area (Å²) in [6.07, 6.45) is 0.651. The van der Waals surface area contributed by atoms with Crippen LogP contribution in [0.5, 0.6) is 5.75 Å². The van der Waals surface area contributed by atoms with E-state index in [1.165, 1.54) is 19.1 Å². The first kappa shape index (κ1) is 11.7. The molecule has 0 heterocycles. The molecule has 2 atom stereocenters. The van der Waals surface area contributed by atoms with Crippen LogP contribution in [-0.2, 0) is 0 Å². The van der Waals surface area contributed by atoms with E-state index in [1.807, 2.05) is 6.92 Å². The molecule has 1 rings (SSSR count). The lowest BCUT2D eigenvalue weighted by molar-refractivity contribution is 0.193. The molecule has 0 aromatic heterocycles. The second-order valence-corrected chi connectivity index (χ2v) is 3.42. The van der Waals surface area contributed by atoms with Crippen LogP contribution in [0.1, 0.15) is 25.5 Å². The first-order valence-electron chi connectivity index (χ1n) is 4.81. The molecular formula is C12H15FO2. The molecule has 15 heavy (non-hydrogen) atoms. The van der Waals surface area contributed by atoms with Crippen molar-refractivity contribution in [2.24, 2.45) is 0 Å². The molecule has 0 aliphatic rings. The van der Waals surface area contributed by atoms with Gasteiger partial charge in [-0.05, 0) is 26.0 Å². The van der Waals surface area contributed by atoms with Crippen molar-refractivity contribution >= 4 is 0 Å². The van der Waals surface area contributed by atoms with Gasteiger partial charge in [-0.15, -0.1) is 0 Å². The minimum atomic E-state index is -0.809. The van der Waals surface area contributed by atoms with Gasteiger partial charge in [0.15, 0.2) is 0 Å². The Kier molecular flexibility index (Phi) is 3.86. The van der Waals surface area contributed by atoms with Gasteiger partial charge in [0.25, 0.3) is 0 Å². The predicted octanol–water partition coefficient (Wildman–Crippen LogP) is 2.83. The topological polar surface area (TPSA) is 29.5 Å². The lowest BCUT2D eigenvalue weighted by atomic mass is 10.1. The van der Waals surface area contributed by atoms with Crippen LogP contribution in [0.15, 0.2) is 30.9 Å². The molecule has 0 aliphatic carbocycles. The van der Waals surface area contributed by atoms with Gasteiger partial charge in [0.2, 0.25) is 0 Å². The summed E-state index contributed by atoms with van der Waals surface area (Å²) in [6.45, 7) is 6.90. The Bertz CT molecular complexity index is 347. The summed E-state index contributed by atoms with van der Waals surface area (Å²) in [5, 5.41) is 9.23. The van der Waals surface area contributed by atoms with Crippen LogP contribution in [0.4, 0.5) is 4.39 Å². The molecule has 0 amide bonds. The van der Waals surface area contributed by atoms with E-state index in [9.17, 15) is 9.50 Å². The van der Waals surface area contributed by atoms with Gasteiger partial charge in [-0.2, -0.15) is 0 Å². The number of hydrogen-bond donors (Lipinski definition) is 1. The van der Waals surface area contributed by atoms with Gasteiger partial charge in [-0.3, -0.25) is 0 Å². The van der Waals surface area contributed by atoms with Crippen molar-refractivity contribution in [1.29, 1.82) is 0 Å². The molecule has 3 heteroatoms. The Balaban J connectivity index is 2.86. The zero-order valence-electron chi connectivity index (χ0n) is 8.90. The van der Waals surface area contributed by atoms with E-state index >= 15 is 0 Å². The highest BCUT2D eigenvalue weighted by molar-refractivity contribution is 5.30. The van der Waals surface area contributed by atoms with Gasteiger partial charge in [-0.25, -0.2) is 4.39 Å². The fraction of sp³-hybridized carbons (Fsp3) is 0.333. The maximum Gasteiger partial charge on any atom is 0.132 e. The van der Waals surface area contributed by atoms with Crippen molar-refractivity contribution in [3.8, 4) is 5.75 Å². The normalized spacial score (nSPS) is 14.4. The Morgan fingerprint density at radius 3 is 2.60 bits per heavy atom. The van der Waals surface area contributed by atoms with E-state index in [0.717, 1.165) is 0 Å². The number of aliphatic hydroxyl groups excluding tert-OH is 1. The van der Waals surface area contributed by atoms with Crippen LogP contribution in [0.25, 0.3) is 0 Å². The first-order chi connectivity index (χ1) is 7.04. The molecule has 0 radical (unpaired) electrons. The van der Waals surface area contributed by atoms with Crippen molar-refractivity contribution in [1.82, 2.24) is 0 Å². The van der Waals surface area contributed by atoms with Gasteiger partial charge in [0.05, 0.1) is 6.10 Å². The molecule has 2 nitrogen and oxygen atoms in total. The minimum Gasteiger partial charge on any atom is -0.487 e. The third-order valence-electron chi connectivity index (χ3n) is 2.08. The Hall–Kier alpha value is -1.35. The second kappa shape index (κ2) is 4.94. The molecule has 0 fully saturated rings. The van der Waals surface area contributed by atoms with Gasteiger partial charge in [0, 0.05) is 11.6 Å². The summed E-state index contributed by atoms with van der Waals surface area (Å²) < 4.78 is 18.7. The number of hydrogen-bond acceptors (Lipinski definition) is 2. The number of aliphatic hydroxyl groups is 1. The minimum absolute atomic E-state index is 0.165. The van der Waals surface area contributed by atoms with Crippen molar-refractivity contribution in [3.05, 3.63) is 42.2 Å². The standard InChI is InChI=1S/C12H15FO2/c1-4-8(2)15-10-5-6-11(9(3)14)12(13)7-10/h4-9,14H,1H2,2-3H3/t8?,9-/m0/s1. The molecule has 0 bridgehead atoms. The number of ether oxygens (including phenoxy) is 1. The van der Waals surface area contributed by atoms with E-state index < -0.39 is 11.9 Å². The zero-order chi connectivity index (χ0) is 11.4. The Labute approximate surface area is 89.0 Å². The third kappa shape index (κ3) is 3.06. The molecule has 0 spiro atoms. The van der Waals surface area contributed by atoms with Crippen molar-refractivity contribution in [2.75, 3.05) is 0 Å². The molecule has 0 saturated carbocycles. The molecule has 1 aromatic carbocycles. The van der Waals surface area contributed by atoms with Crippen LogP contribution < -0.4 is 4.74 Å². The average Bonchev–Trinajstić information content (AvgIpc) is 2.17. The lowest BCUT2D eigenvalue weighted by Gasteiger charge is -2.12. The Morgan fingerprint density at radius 2 is 2.13 bits per heavy atom. The van der Waals surface area contributed by atoms with E-state index in [1.54, 1.807) is 12.1 Å². The lowest BCUT2D eigenvalue weighted by Crippen LogP contribution is -2.08. The summed E-state index contributed by atoms with van der Waals surface area (Å²) >= 11 is 0. The summed E-state index contributed by atoms with van der Waals surface area (Å²) in [7, 11) is 0. The molecule has 1 N–H and O–H groups in total. The average molecular weight is 210 g/mol. The summed E-state index contributed by atoms with van der Waals surface area (Å²) in [4.78, 5) is 0. The smallest absolute Gasteiger partial charge is 0.132 e. The van der Waals surface area contributed by atoms with E-state index in [2.05, 4.69) is 6.58 Å². The van der Waals surface area contributed by atoms with Crippen LogP contribution >= 0.6 is 0 Å². The van der Waals surface area contributed by atoms with Gasteiger partial charge >= 0.3 is 0 Å². The fourth-order valence-electron chi connectivity index (χ4n) is 1.18. The largest absolute Gasteiger partial charge is 0.487 e. The van der Waals surface area contributed by atoms with Crippen LogP contribution in [0, 0.1) is 5.82 Å². The van der Waals surface area contributed by atoms with E-state index in [-0.39, 0.29) is 11.7 Å². The predicted molar refractivity (Wildman–Crippen MR) is 57.3 cm³/mol. The molecule has 0 aliphatic heterocycles. The molecular weight excluding hydrogens is 195 g/mol. The quantitative estimate of drug-likeness (QED) is 0.774. The summed E-state index contributed by atoms with van der Waals surface area (Å²) in [5.74, 6) is -0.0249. The van der Waals surface area contributed by atoms with Crippen LogP contribution in [-0.4, -0.2) is 11.2 Å². The first-order valence-corrected chi connectivity index (χ1v) is 4.81. The monoisotopic (exact) mass is 210 g/mol. The maximum absolute atomic E-state index is 13.4. The summed E-state index contributed by atoms with van der Waals surface area (Å²) in [6, 6.07) is 4.42. The zero-order valence-corrected chi connectivity index (χ0v) is 8.90. The maximum atomic E-state index is 13.4. The second-order valence-electron chi connectivity index (χ2n) is 3.42. The highest BCUT2D eigenvalue weighted by Crippen LogP contribution is 2.22. The highest BCUT2D eigenvalue weighted by atomic mass is 19.1. The molecule has 82 valence electrons. The molecule has 1 unspecified atom stereocenters. The summed E-state index contributed by atoms with van der Waals surface area (Å²) in [5.41, 5.74) is 0.272. The molecule has 0 saturated heterocycles.